The summed E-state index contributed by atoms with van der Waals surface area (Å²) >= 11 is 1.64. The average molecular weight is 318 g/mol. The predicted octanol–water partition coefficient (Wildman–Crippen LogP) is 4.12. The van der Waals surface area contributed by atoms with Gasteiger partial charge in [-0.05, 0) is 38.3 Å². The van der Waals surface area contributed by atoms with E-state index in [1.807, 2.05) is 29.5 Å². The lowest BCUT2D eigenvalue weighted by atomic mass is 10.1. The Morgan fingerprint density at radius 1 is 1.45 bits per heavy atom. The van der Waals surface area contributed by atoms with Crippen LogP contribution in [0.2, 0.25) is 0 Å². The van der Waals surface area contributed by atoms with Crippen LogP contribution in [0.3, 0.4) is 0 Å². The Balaban J connectivity index is 1.69. The Morgan fingerprint density at radius 2 is 2.36 bits per heavy atom. The summed E-state index contributed by atoms with van der Waals surface area (Å²) in [6.45, 7) is 2.85. The van der Waals surface area contributed by atoms with E-state index in [0.717, 1.165) is 43.7 Å². The predicted molar refractivity (Wildman–Crippen MR) is 86.8 cm³/mol. The van der Waals surface area contributed by atoms with E-state index >= 15 is 0 Å². The first-order valence-electron chi connectivity index (χ1n) is 7.97. The third kappa shape index (κ3) is 3.40. The molecule has 4 nitrogen and oxygen atoms in total. The standard InChI is InChI=1S/C17H22N2O2S/c1-13-16(22-12-18-13)8-9-17(20)19-10-4-2-3-6-14(19)15-7-5-11-21-15/h5,7,11-12,14H,2-4,6,8-10H2,1H3/t14-/m0/s1. The molecule has 0 aliphatic carbocycles. The van der Waals surface area contributed by atoms with E-state index in [0.29, 0.717) is 6.42 Å². The van der Waals surface area contributed by atoms with Gasteiger partial charge >= 0.3 is 0 Å². The number of thiazole rings is 1. The normalized spacial score (nSPS) is 19.1. The van der Waals surface area contributed by atoms with Crippen LogP contribution < -0.4 is 0 Å². The van der Waals surface area contributed by atoms with Gasteiger partial charge in [-0.1, -0.05) is 12.8 Å². The van der Waals surface area contributed by atoms with Gasteiger partial charge in [0.05, 0.1) is 23.5 Å². The highest BCUT2D eigenvalue weighted by Crippen LogP contribution is 2.31. The van der Waals surface area contributed by atoms with Gasteiger partial charge < -0.3 is 9.32 Å². The van der Waals surface area contributed by atoms with Gasteiger partial charge in [-0.25, -0.2) is 4.98 Å². The number of furan rings is 1. The molecule has 22 heavy (non-hydrogen) atoms. The number of amides is 1. The number of likely N-dealkylation sites (tertiary alicyclic amines) is 1. The molecular weight excluding hydrogens is 296 g/mol. The van der Waals surface area contributed by atoms with E-state index in [1.54, 1.807) is 17.6 Å². The smallest absolute Gasteiger partial charge is 0.223 e. The zero-order chi connectivity index (χ0) is 15.4. The van der Waals surface area contributed by atoms with Gasteiger partial charge in [-0.15, -0.1) is 11.3 Å². The number of hydrogen-bond acceptors (Lipinski definition) is 4. The fourth-order valence-corrected chi connectivity index (χ4v) is 3.89. The fourth-order valence-electron chi connectivity index (χ4n) is 3.11. The number of hydrogen-bond donors (Lipinski definition) is 0. The molecule has 0 N–H and O–H groups in total. The number of aromatic nitrogens is 1. The molecule has 0 unspecified atom stereocenters. The lowest BCUT2D eigenvalue weighted by Gasteiger charge is -2.28. The maximum atomic E-state index is 12.7. The van der Waals surface area contributed by atoms with Crippen molar-refractivity contribution >= 4 is 17.2 Å². The van der Waals surface area contributed by atoms with E-state index in [1.165, 1.54) is 11.3 Å². The van der Waals surface area contributed by atoms with Gasteiger partial charge in [-0.2, -0.15) is 0 Å². The molecule has 1 saturated heterocycles. The van der Waals surface area contributed by atoms with Crippen LogP contribution in [0, 0.1) is 6.92 Å². The Hall–Kier alpha value is -1.62. The average Bonchev–Trinajstić information content (AvgIpc) is 3.12. The molecule has 3 rings (SSSR count). The minimum Gasteiger partial charge on any atom is -0.467 e. The molecule has 1 amide bonds. The Morgan fingerprint density at radius 3 is 3.09 bits per heavy atom. The van der Waals surface area contributed by atoms with Crippen molar-refractivity contribution in [2.75, 3.05) is 6.54 Å². The van der Waals surface area contributed by atoms with E-state index < -0.39 is 0 Å². The summed E-state index contributed by atoms with van der Waals surface area (Å²) in [5.41, 5.74) is 2.91. The highest BCUT2D eigenvalue weighted by atomic mass is 32.1. The summed E-state index contributed by atoms with van der Waals surface area (Å²) < 4.78 is 5.58. The molecule has 3 heterocycles. The maximum absolute atomic E-state index is 12.7. The second-order valence-electron chi connectivity index (χ2n) is 5.83. The van der Waals surface area contributed by atoms with Crippen molar-refractivity contribution in [2.45, 2.75) is 51.5 Å². The minimum atomic E-state index is 0.104. The lowest BCUT2D eigenvalue weighted by molar-refractivity contribution is -0.134. The monoisotopic (exact) mass is 318 g/mol. The fraction of sp³-hybridized carbons (Fsp3) is 0.529. The molecule has 0 aromatic carbocycles. The molecule has 5 heteroatoms. The first-order chi connectivity index (χ1) is 10.8. The molecule has 0 saturated carbocycles. The van der Waals surface area contributed by atoms with Crippen LogP contribution in [0.1, 0.15) is 54.5 Å². The first-order valence-corrected chi connectivity index (χ1v) is 8.85. The number of aryl methyl sites for hydroxylation is 2. The third-order valence-corrected chi connectivity index (χ3v) is 5.35. The highest BCUT2D eigenvalue weighted by molar-refractivity contribution is 7.09. The molecule has 1 aliphatic rings. The largest absolute Gasteiger partial charge is 0.467 e. The Kier molecular flexibility index (Phi) is 4.93. The van der Waals surface area contributed by atoms with Crippen molar-refractivity contribution in [1.82, 2.24) is 9.88 Å². The zero-order valence-corrected chi connectivity index (χ0v) is 13.8. The maximum Gasteiger partial charge on any atom is 0.223 e. The molecule has 1 atom stereocenters. The van der Waals surface area contributed by atoms with Crippen molar-refractivity contribution in [3.05, 3.63) is 40.2 Å². The molecule has 0 spiro atoms. The highest BCUT2D eigenvalue weighted by Gasteiger charge is 2.28. The van der Waals surface area contributed by atoms with Crippen molar-refractivity contribution in [2.24, 2.45) is 0 Å². The van der Waals surface area contributed by atoms with Gasteiger partial charge in [-0.3, -0.25) is 4.79 Å². The number of rotatable bonds is 4. The summed E-state index contributed by atoms with van der Waals surface area (Å²) in [6.07, 6.45) is 7.47. The van der Waals surface area contributed by atoms with E-state index in [4.69, 9.17) is 4.42 Å². The summed E-state index contributed by atoms with van der Waals surface area (Å²) in [5, 5.41) is 0. The van der Waals surface area contributed by atoms with E-state index in [-0.39, 0.29) is 11.9 Å². The Labute approximate surface area is 135 Å². The molecule has 1 fully saturated rings. The van der Waals surface area contributed by atoms with Gasteiger partial charge in [0.1, 0.15) is 5.76 Å². The van der Waals surface area contributed by atoms with Crippen molar-refractivity contribution in [3.8, 4) is 0 Å². The van der Waals surface area contributed by atoms with Crippen LogP contribution in [0.4, 0.5) is 0 Å². The van der Waals surface area contributed by atoms with Crippen LogP contribution in [0.25, 0.3) is 0 Å². The number of nitrogens with zero attached hydrogens (tertiary/aromatic N) is 2. The molecule has 2 aromatic rings. The molecule has 0 radical (unpaired) electrons. The van der Waals surface area contributed by atoms with Crippen LogP contribution in [-0.2, 0) is 11.2 Å². The summed E-state index contributed by atoms with van der Waals surface area (Å²) in [4.78, 5) is 20.2. The van der Waals surface area contributed by atoms with Gasteiger partial charge in [0.25, 0.3) is 0 Å². The SMILES string of the molecule is Cc1ncsc1CCC(=O)N1CCCCC[C@H]1c1ccco1. The molecule has 1 aliphatic heterocycles. The topological polar surface area (TPSA) is 46.3 Å². The quantitative estimate of drug-likeness (QED) is 0.852. The Bertz CT molecular complexity index is 606. The molecule has 118 valence electrons. The number of carbonyl (C=O) groups excluding carboxylic acids is 1. The summed E-state index contributed by atoms with van der Waals surface area (Å²) in [7, 11) is 0. The van der Waals surface area contributed by atoms with Gasteiger partial charge in [0.15, 0.2) is 0 Å². The van der Waals surface area contributed by atoms with Crippen molar-refractivity contribution < 1.29 is 9.21 Å². The van der Waals surface area contributed by atoms with E-state index in [9.17, 15) is 4.79 Å². The minimum absolute atomic E-state index is 0.104. The van der Waals surface area contributed by atoms with Crippen LogP contribution in [-0.4, -0.2) is 22.3 Å². The van der Waals surface area contributed by atoms with Crippen LogP contribution in [0.15, 0.2) is 28.3 Å². The number of carbonyl (C=O) groups is 1. The summed E-state index contributed by atoms with van der Waals surface area (Å²) in [5.74, 6) is 1.15. The van der Waals surface area contributed by atoms with Gasteiger partial charge in [0, 0.05) is 17.8 Å². The zero-order valence-electron chi connectivity index (χ0n) is 13.0. The van der Waals surface area contributed by atoms with Crippen LogP contribution >= 0.6 is 11.3 Å². The molecule has 0 bridgehead atoms. The van der Waals surface area contributed by atoms with Crippen molar-refractivity contribution in [3.63, 3.8) is 0 Å². The third-order valence-electron chi connectivity index (χ3n) is 4.36. The van der Waals surface area contributed by atoms with Gasteiger partial charge in [0.2, 0.25) is 5.91 Å². The van der Waals surface area contributed by atoms with Crippen molar-refractivity contribution in [1.29, 1.82) is 0 Å². The van der Waals surface area contributed by atoms with E-state index in [2.05, 4.69) is 4.98 Å². The second kappa shape index (κ2) is 7.09. The molecular formula is C17H22N2O2S. The van der Waals surface area contributed by atoms with Crippen LogP contribution in [0.5, 0.6) is 0 Å². The first kappa shape index (κ1) is 15.3. The lowest BCUT2D eigenvalue weighted by Crippen LogP contribution is -2.34. The second-order valence-corrected chi connectivity index (χ2v) is 6.77. The molecule has 2 aromatic heterocycles. The summed E-state index contributed by atoms with van der Waals surface area (Å²) in [6, 6.07) is 4.00.